The lowest BCUT2D eigenvalue weighted by Gasteiger charge is -2.31. The maximum atomic E-state index is 14.0. The molecule has 0 spiro atoms. The molecule has 1 saturated heterocycles. The minimum absolute atomic E-state index is 0.154. The van der Waals surface area contributed by atoms with E-state index in [2.05, 4.69) is 5.32 Å². The number of aryl methyl sites for hydroxylation is 4. The van der Waals surface area contributed by atoms with E-state index in [-0.39, 0.29) is 30.6 Å². The number of carbonyl (C=O) groups excluding carboxylic acids is 1. The van der Waals surface area contributed by atoms with Gasteiger partial charge in [0.1, 0.15) is 5.82 Å². The molecule has 1 fully saturated rings. The van der Waals surface area contributed by atoms with E-state index >= 15 is 0 Å². The Bertz CT molecular complexity index is 1020. The number of piperidine rings is 1. The van der Waals surface area contributed by atoms with E-state index in [4.69, 9.17) is 0 Å². The maximum absolute atomic E-state index is 14.0. The Morgan fingerprint density at radius 2 is 1.59 bits per heavy atom. The van der Waals surface area contributed by atoms with Crippen LogP contribution < -0.4 is 5.32 Å². The van der Waals surface area contributed by atoms with E-state index < -0.39 is 15.8 Å². The molecular formula is C22H27FN2O3S. The van der Waals surface area contributed by atoms with Crippen LogP contribution in [-0.2, 0) is 14.8 Å². The fourth-order valence-corrected chi connectivity index (χ4v) is 5.90. The predicted molar refractivity (Wildman–Crippen MR) is 112 cm³/mol. The lowest BCUT2D eigenvalue weighted by molar-refractivity contribution is -0.120. The fraction of sp³-hybridized carbons (Fsp3) is 0.409. The largest absolute Gasteiger partial charge is 0.323 e. The van der Waals surface area contributed by atoms with Crippen LogP contribution in [0, 0.1) is 39.4 Å². The summed E-state index contributed by atoms with van der Waals surface area (Å²) >= 11 is 0. The van der Waals surface area contributed by atoms with E-state index in [9.17, 15) is 17.6 Å². The highest BCUT2D eigenvalue weighted by atomic mass is 32.2. The normalized spacial score (nSPS) is 16.0. The molecule has 0 unspecified atom stereocenters. The van der Waals surface area contributed by atoms with Crippen LogP contribution in [0.2, 0.25) is 0 Å². The Morgan fingerprint density at radius 3 is 2.14 bits per heavy atom. The van der Waals surface area contributed by atoms with Crippen molar-refractivity contribution < 1.29 is 17.6 Å². The van der Waals surface area contributed by atoms with E-state index in [0.717, 1.165) is 22.3 Å². The van der Waals surface area contributed by atoms with Crippen molar-refractivity contribution in [3.8, 4) is 0 Å². The van der Waals surface area contributed by atoms with Gasteiger partial charge in [0, 0.05) is 19.0 Å². The molecule has 3 rings (SSSR count). The predicted octanol–water partition coefficient (Wildman–Crippen LogP) is 4.10. The minimum Gasteiger partial charge on any atom is -0.323 e. The minimum atomic E-state index is -3.62. The zero-order valence-electron chi connectivity index (χ0n) is 17.3. The van der Waals surface area contributed by atoms with Crippen molar-refractivity contribution in [3.05, 3.63) is 58.4 Å². The maximum Gasteiger partial charge on any atom is 0.243 e. The number of rotatable bonds is 4. The molecule has 2 aromatic carbocycles. The molecule has 7 heteroatoms. The van der Waals surface area contributed by atoms with Crippen LogP contribution in [0.15, 0.2) is 35.2 Å². The standard InChI is InChI=1S/C22H27FN2O3S/c1-14-5-6-20(19(23)13-14)24-22(26)18-7-9-25(10-8-18)29(27,28)21-16(3)11-15(2)12-17(21)4/h5-6,11-13,18H,7-10H2,1-4H3,(H,24,26). The van der Waals surface area contributed by atoms with Gasteiger partial charge in [0.2, 0.25) is 15.9 Å². The number of amides is 1. The second-order valence-corrected chi connectivity index (χ2v) is 9.75. The van der Waals surface area contributed by atoms with Crippen molar-refractivity contribution >= 4 is 21.6 Å². The van der Waals surface area contributed by atoms with Crippen molar-refractivity contribution in [2.75, 3.05) is 18.4 Å². The molecule has 0 aromatic heterocycles. The van der Waals surface area contributed by atoms with E-state index in [1.807, 2.05) is 32.9 Å². The molecule has 1 amide bonds. The molecule has 1 N–H and O–H groups in total. The van der Waals surface area contributed by atoms with E-state index in [1.165, 1.54) is 10.4 Å². The topological polar surface area (TPSA) is 66.5 Å². The van der Waals surface area contributed by atoms with Gasteiger partial charge in [-0.25, -0.2) is 12.8 Å². The SMILES string of the molecule is Cc1cc(C)c(S(=O)(=O)N2CCC(C(=O)Nc3ccc(C)cc3F)CC2)c(C)c1. The monoisotopic (exact) mass is 418 g/mol. The highest BCUT2D eigenvalue weighted by Gasteiger charge is 2.33. The number of nitrogens with zero attached hydrogens (tertiary/aromatic N) is 1. The van der Waals surface area contributed by atoms with Crippen LogP contribution in [0.5, 0.6) is 0 Å². The summed E-state index contributed by atoms with van der Waals surface area (Å²) in [6.07, 6.45) is 0.811. The van der Waals surface area contributed by atoms with Gasteiger partial charge < -0.3 is 5.32 Å². The second kappa shape index (κ2) is 8.24. The first-order chi connectivity index (χ1) is 13.6. The van der Waals surface area contributed by atoms with Crippen molar-refractivity contribution in [2.45, 2.75) is 45.4 Å². The zero-order valence-corrected chi connectivity index (χ0v) is 18.1. The van der Waals surface area contributed by atoms with Crippen molar-refractivity contribution in [1.29, 1.82) is 0 Å². The van der Waals surface area contributed by atoms with Crippen molar-refractivity contribution in [1.82, 2.24) is 4.31 Å². The van der Waals surface area contributed by atoms with E-state index in [0.29, 0.717) is 17.7 Å². The molecule has 0 atom stereocenters. The lowest BCUT2D eigenvalue weighted by Crippen LogP contribution is -2.41. The summed E-state index contributed by atoms with van der Waals surface area (Å²) in [5.74, 6) is -1.08. The number of nitrogens with one attached hydrogen (secondary N) is 1. The van der Waals surface area contributed by atoms with Gasteiger partial charge in [-0.05, 0) is 69.4 Å². The van der Waals surface area contributed by atoms with Gasteiger partial charge in [-0.1, -0.05) is 23.8 Å². The quantitative estimate of drug-likeness (QED) is 0.813. The van der Waals surface area contributed by atoms with Crippen LogP contribution >= 0.6 is 0 Å². The Hall–Kier alpha value is -2.25. The highest BCUT2D eigenvalue weighted by molar-refractivity contribution is 7.89. The van der Waals surface area contributed by atoms with Gasteiger partial charge in [0.15, 0.2) is 0 Å². The molecule has 2 aromatic rings. The third kappa shape index (κ3) is 4.51. The number of sulfonamides is 1. The van der Waals surface area contributed by atoms with Gasteiger partial charge in [0.05, 0.1) is 10.6 Å². The summed E-state index contributed by atoms with van der Waals surface area (Å²) < 4.78 is 41.8. The first-order valence-electron chi connectivity index (χ1n) is 9.74. The van der Waals surface area contributed by atoms with Gasteiger partial charge in [-0.2, -0.15) is 4.31 Å². The third-order valence-electron chi connectivity index (χ3n) is 5.41. The Morgan fingerprint density at radius 1 is 1.00 bits per heavy atom. The summed E-state index contributed by atoms with van der Waals surface area (Å²) in [6, 6.07) is 8.40. The molecule has 29 heavy (non-hydrogen) atoms. The number of hydrogen-bond donors (Lipinski definition) is 1. The van der Waals surface area contributed by atoms with Crippen molar-refractivity contribution in [2.24, 2.45) is 5.92 Å². The molecule has 1 heterocycles. The molecule has 0 bridgehead atoms. The average molecular weight is 419 g/mol. The number of hydrogen-bond acceptors (Lipinski definition) is 3. The number of benzene rings is 2. The van der Waals surface area contributed by atoms with Crippen LogP contribution in [0.3, 0.4) is 0 Å². The molecule has 0 saturated carbocycles. The zero-order chi connectivity index (χ0) is 21.3. The molecule has 1 aliphatic rings. The van der Waals surface area contributed by atoms with Crippen molar-refractivity contribution in [3.63, 3.8) is 0 Å². The average Bonchev–Trinajstić information content (AvgIpc) is 2.63. The van der Waals surface area contributed by atoms with Gasteiger partial charge in [-0.3, -0.25) is 4.79 Å². The summed E-state index contributed by atoms with van der Waals surface area (Å²) in [7, 11) is -3.62. The van der Waals surface area contributed by atoms with E-state index in [1.54, 1.807) is 19.1 Å². The molecular weight excluding hydrogens is 391 g/mol. The smallest absolute Gasteiger partial charge is 0.243 e. The van der Waals surface area contributed by atoms with Gasteiger partial charge in [-0.15, -0.1) is 0 Å². The summed E-state index contributed by atoms with van der Waals surface area (Å²) in [4.78, 5) is 12.9. The van der Waals surface area contributed by atoms with Crippen LogP contribution in [0.25, 0.3) is 0 Å². The lowest BCUT2D eigenvalue weighted by atomic mass is 9.97. The first-order valence-corrected chi connectivity index (χ1v) is 11.2. The Kier molecular flexibility index (Phi) is 6.10. The van der Waals surface area contributed by atoms with Gasteiger partial charge in [0.25, 0.3) is 0 Å². The van der Waals surface area contributed by atoms with Crippen LogP contribution in [0.1, 0.15) is 35.1 Å². The molecule has 1 aliphatic heterocycles. The first kappa shape index (κ1) is 21.5. The van der Waals surface area contributed by atoms with Crippen LogP contribution in [-0.4, -0.2) is 31.7 Å². The Balaban J connectivity index is 1.69. The van der Waals surface area contributed by atoms with Gasteiger partial charge >= 0.3 is 0 Å². The number of anilines is 1. The molecule has 0 radical (unpaired) electrons. The summed E-state index contributed by atoms with van der Waals surface area (Å²) in [6.45, 7) is 7.87. The summed E-state index contributed by atoms with van der Waals surface area (Å²) in [5, 5.41) is 2.63. The number of carbonyl (C=O) groups is 1. The van der Waals surface area contributed by atoms with Crippen LogP contribution in [0.4, 0.5) is 10.1 Å². The number of halogens is 1. The summed E-state index contributed by atoms with van der Waals surface area (Å²) in [5.41, 5.74) is 3.43. The Labute approximate surface area is 172 Å². The second-order valence-electron chi connectivity index (χ2n) is 7.88. The molecule has 156 valence electrons. The third-order valence-corrected chi connectivity index (χ3v) is 7.61. The highest BCUT2D eigenvalue weighted by Crippen LogP contribution is 2.29. The molecule has 5 nitrogen and oxygen atoms in total. The molecule has 0 aliphatic carbocycles. The fourth-order valence-electron chi connectivity index (χ4n) is 4.02.